The molecule has 17 heavy (non-hydrogen) atoms. The van der Waals surface area contributed by atoms with Gasteiger partial charge in [0.05, 0.1) is 4.92 Å². The summed E-state index contributed by atoms with van der Waals surface area (Å²) in [7, 11) is 1.59. The van der Waals surface area contributed by atoms with Gasteiger partial charge in [0.2, 0.25) is 11.6 Å². The van der Waals surface area contributed by atoms with Crippen LogP contribution in [0.25, 0.3) is 0 Å². The Morgan fingerprint density at radius 2 is 2.18 bits per heavy atom. The minimum absolute atomic E-state index is 0.112. The average Bonchev–Trinajstić information content (AvgIpc) is 2.33. The van der Waals surface area contributed by atoms with Gasteiger partial charge in [0.15, 0.2) is 0 Å². The van der Waals surface area contributed by atoms with E-state index in [0.717, 1.165) is 12.2 Å². The Hall–Kier alpha value is -1.57. The molecule has 0 saturated carbocycles. The van der Waals surface area contributed by atoms with Gasteiger partial charge in [0.1, 0.15) is 6.33 Å². The molecule has 0 aliphatic carbocycles. The van der Waals surface area contributed by atoms with Crippen molar-refractivity contribution in [3.05, 3.63) is 16.4 Å². The highest BCUT2D eigenvalue weighted by atomic mass is 32.2. The highest BCUT2D eigenvalue weighted by molar-refractivity contribution is 7.98. The Morgan fingerprint density at radius 3 is 2.76 bits per heavy atom. The van der Waals surface area contributed by atoms with Crippen molar-refractivity contribution in [3.63, 3.8) is 0 Å². The van der Waals surface area contributed by atoms with E-state index in [1.165, 1.54) is 6.33 Å². The standard InChI is InChI=1S/C9H15N5O2S/c1-10-8-7(14(15)16)9(13-6-12-8)11-4-3-5-17-2/h6H,3-5H2,1-2H3,(H2,10,11,12,13). The lowest BCUT2D eigenvalue weighted by molar-refractivity contribution is -0.383. The van der Waals surface area contributed by atoms with Crippen LogP contribution < -0.4 is 10.6 Å². The first-order valence-corrected chi connectivity index (χ1v) is 6.50. The van der Waals surface area contributed by atoms with Gasteiger partial charge < -0.3 is 10.6 Å². The zero-order valence-electron chi connectivity index (χ0n) is 9.77. The number of hydrogen-bond donors (Lipinski definition) is 2. The minimum Gasteiger partial charge on any atom is -0.367 e. The molecule has 0 aliphatic rings. The molecule has 1 rings (SSSR count). The van der Waals surface area contributed by atoms with Crippen LogP contribution >= 0.6 is 11.8 Å². The van der Waals surface area contributed by atoms with Gasteiger partial charge in [-0.05, 0) is 18.4 Å². The second-order valence-electron chi connectivity index (χ2n) is 3.20. The molecule has 8 heteroatoms. The third-order valence-corrected chi connectivity index (χ3v) is 2.76. The first-order valence-electron chi connectivity index (χ1n) is 5.10. The fourth-order valence-corrected chi connectivity index (χ4v) is 1.72. The van der Waals surface area contributed by atoms with E-state index in [1.54, 1.807) is 18.8 Å². The Morgan fingerprint density at radius 1 is 1.47 bits per heavy atom. The Bertz CT molecular complexity index is 388. The summed E-state index contributed by atoms with van der Waals surface area (Å²) in [5.41, 5.74) is -0.112. The van der Waals surface area contributed by atoms with Crippen molar-refractivity contribution in [2.45, 2.75) is 6.42 Å². The summed E-state index contributed by atoms with van der Waals surface area (Å²) < 4.78 is 0. The van der Waals surface area contributed by atoms with Crippen molar-refractivity contribution >= 4 is 29.1 Å². The molecule has 0 bridgehead atoms. The molecule has 0 unspecified atom stereocenters. The zero-order chi connectivity index (χ0) is 12.7. The molecule has 0 fully saturated rings. The van der Waals surface area contributed by atoms with Crippen LogP contribution in [0.2, 0.25) is 0 Å². The molecule has 1 heterocycles. The molecule has 0 aliphatic heterocycles. The summed E-state index contributed by atoms with van der Waals surface area (Å²) in [4.78, 5) is 18.2. The molecule has 0 aromatic carbocycles. The second-order valence-corrected chi connectivity index (χ2v) is 4.19. The van der Waals surface area contributed by atoms with Gasteiger partial charge in [0.25, 0.3) is 0 Å². The van der Waals surface area contributed by atoms with Crippen molar-refractivity contribution in [3.8, 4) is 0 Å². The SMILES string of the molecule is CNc1ncnc(NCCCSC)c1[N+](=O)[O-]. The zero-order valence-corrected chi connectivity index (χ0v) is 10.6. The summed E-state index contributed by atoms with van der Waals surface area (Å²) in [6.45, 7) is 0.655. The number of anilines is 2. The van der Waals surface area contributed by atoms with E-state index in [-0.39, 0.29) is 17.3 Å². The lowest BCUT2D eigenvalue weighted by Crippen LogP contribution is -2.09. The molecule has 0 saturated heterocycles. The smallest absolute Gasteiger partial charge is 0.353 e. The monoisotopic (exact) mass is 257 g/mol. The predicted octanol–water partition coefficient (Wildman–Crippen LogP) is 1.59. The molecule has 0 amide bonds. The van der Waals surface area contributed by atoms with Crippen molar-refractivity contribution in [2.75, 3.05) is 36.2 Å². The fraction of sp³-hybridized carbons (Fsp3) is 0.556. The maximum absolute atomic E-state index is 10.9. The van der Waals surface area contributed by atoms with Gasteiger partial charge in [-0.1, -0.05) is 0 Å². The van der Waals surface area contributed by atoms with Crippen molar-refractivity contribution in [2.24, 2.45) is 0 Å². The van der Waals surface area contributed by atoms with Crippen LogP contribution in [0, 0.1) is 10.1 Å². The number of nitrogens with one attached hydrogen (secondary N) is 2. The molecule has 2 N–H and O–H groups in total. The number of aromatic nitrogens is 2. The number of hydrogen-bond acceptors (Lipinski definition) is 7. The van der Waals surface area contributed by atoms with E-state index in [2.05, 4.69) is 20.6 Å². The van der Waals surface area contributed by atoms with Crippen molar-refractivity contribution < 1.29 is 4.92 Å². The van der Waals surface area contributed by atoms with E-state index >= 15 is 0 Å². The van der Waals surface area contributed by atoms with Crippen LogP contribution in [0.3, 0.4) is 0 Å². The molecule has 0 radical (unpaired) electrons. The number of rotatable bonds is 7. The largest absolute Gasteiger partial charge is 0.367 e. The molecule has 94 valence electrons. The van der Waals surface area contributed by atoms with Gasteiger partial charge >= 0.3 is 5.69 Å². The lowest BCUT2D eigenvalue weighted by atomic mass is 10.4. The van der Waals surface area contributed by atoms with E-state index in [1.807, 2.05) is 6.26 Å². The van der Waals surface area contributed by atoms with Gasteiger partial charge in [-0.2, -0.15) is 11.8 Å². The molecule has 1 aromatic rings. The topological polar surface area (TPSA) is 93.0 Å². The summed E-state index contributed by atoms with van der Waals surface area (Å²) >= 11 is 1.74. The minimum atomic E-state index is -0.483. The van der Waals surface area contributed by atoms with Crippen molar-refractivity contribution in [1.29, 1.82) is 0 Å². The Kier molecular flexibility index (Phi) is 5.47. The molecular formula is C9H15N5O2S. The summed E-state index contributed by atoms with van der Waals surface area (Å²) in [6.07, 6.45) is 4.25. The Balaban J connectivity index is 2.79. The van der Waals surface area contributed by atoms with Crippen LogP contribution in [0.4, 0.5) is 17.3 Å². The van der Waals surface area contributed by atoms with E-state index in [9.17, 15) is 10.1 Å². The second kappa shape index (κ2) is 6.89. The Labute approximate surface area is 104 Å². The first kappa shape index (κ1) is 13.5. The van der Waals surface area contributed by atoms with Gasteiger partial charge in [0, 0.05) is 13.6 Å². The van der Waals surface area contributed by atoms with Crippen molar-refractivity contribution in [1.82, 2.24) is 9.97 Å². The lowest BCUT2D eigenvalue weighted by Gasteiger charge is -2.07. The van der Waals surface area contributed by atoms with Crippen LogP contribution in [0.15, 0.2) is 6.33 Å². The molecule has 0 spiro atoms. The van der Waals surface area contributed by atoms with Crippen LogP contribution in [0.5, 0.6) is 0 Å². The molecule has 7 nitrogen and oxygen atoms in total. The predicted molar refractivity (Wildman–Crippen MR) is 69.7 cm³/mol. The summed E-state index contributed by atoms with van der Waals surface area (Å²) in [6, 6.07) is 0. The first-order chi connectivity index (χ1) is 8.20. The van der Waals surface area contributed by atoms with Crippen LogP contribution in [0.1, 0.15) is 6.42 Å². The van der Waals surface area contributed by atoms with Gasteiger partial charge in [-0.3, -0.25) is 10.1 Å². The van der Waals surface area contributed by atoms with E-state index in [0.29, 0.717) is 6.54 Å². The fourth-order valence-electron chi connectivity index (χ4n) is 1.29. The number of nitro groups is 1. The van der Waals surface area contributed by atoms with Crippen LogP contribution in [-0.4, -0.2) is 40.5 Å². The summed E-state index contributed by atoms with van der Waals surface area (Å²) in [5, 5.41) is 16.6. The maximum Gasteiger partial charge on any atom is 0.353 e. The summed E-state index contributed by atoms with van der Waals surface area (Å²) in [5.74, 6) is 1.48. The van der Waals surface area contributed by atoms with Crippen LogP contribution in [-0.2, 0) is 0 Å². The normalized spacial score (nSPS) is 10.0. The quantitative estimate of drug-likeness (QED) is 0.435. The molecular weight excluding hydrogens is 242 g/mol. The average molecular weight is 257 g/mol. The van der Waals surface area contributed by atoms with E-state index < -0.39 is 4.92 Å². The maximum atomic E-state index is 10.9. The number of thioether (sulfide) groups is 1. The van der Waals surface area contributed by atoms with E-state index in [4.69, 9.17) is 0 Å². The van der Waals surface area contributed by atoms with Gasteiger partial charge in [-0.15, -0.1) is 0 Å². The highest BCUT2D eigenvalue weighted by Gasteiger charge is 2.21. The number of nitrogens with zero attached hydrogens (tertiary/aromatic N) is 3. The third-order valence-electron chi connectivity index (χ3n) is 2.06. The highest BCUT2D eigenvalue weighted by Crippen LogP contribution is 2.28. The van der Waals surface area contributed by atoms with Gasteiger partial charge in [-0.25, -0.2) is 9.97 Å². The third kappa shape index (κ3) is 3.74. The molecule has 0 atom stereocenters. The molecule has 1 aromatic heterocycles.